The van der Waals surface area contributed by atoms with Crippen molar-refractivity contribution >= 4 is 65.9 Å². The molecule has 0 fully saturated rings. The van der Waals surface area contributed by atoms with E-state index < -0.39 is 36.2 Å². The average molecular weight is 698 g/mol. The van der Waals surface area contributed by atoms with Crippen LogP contribution in [0.4, 0.5) is 0 Å². The fourth-order valence-corrected chi connectivity index (χ4v) is 7.90. The van der Waals surface area contributed by atoms with Gasteiger partial charge < -0.3 is 10.2 Å². The van der Waals surface area contributed by atoms with Crippen LogP contribution in [-0.2, 0) is 9.59 Å². The Morgan fingerprint density at radius 3 is 1.09 bits per heavy atom. The van der Waals surface area contributed by atoms with Crippen LogP contribution in [-0.4, -0.2) is 57.9 Å². The van der Waals surface area contributed by atoms with Gasteiger partial charge in [-0.3, -0.25) is 9.59 Å². The number of aliphatic carboxylic acids is 2. The van der Waals surface area contributed by atoms with E-state index in [-0.39, 0.29) is 11.5 Å². The van der Waals surface area contributed by atoms with Crippen molar-refractivity contribution in [3.63, 3.8) is 0 Å². The summed E-state index contributed by atoms with van der Waals surface area (Å²) < 4.78 is 3.13. The van der Waals surface area contributed by atoms with Crippen LogP contribution in [0.25, 0.3) is 0 Å². The Hall–Kier alpha value is -2.56. The van der Waals surface area contributed by atoms with Gasteiger partial charge in [-0.05, 0) is 24.3 Å². The molecule has 2 N–H and O–H groups in total. The third-order valence-corrected chi connectivity index (χ3v) is 10.9. The number of carboxylic acid groups (broad SMARTS) is 2. The van der Waals surface area contributed by atoms with E-state index in [2.05, 4.69) is 60.7 Å². The second kappa shape index (κ2) is 17.8. The summed E-state index contributed by atoms with van der Waals surface area (Å²) in [7, 11) is 0. The molecule has 0 aromatic heterocycles. The molecular weight excluding hydrogens is 672 g/mol. The molecule has 0 saturated carbocycles. The zero-order valence-electron chi connectivity index (χ0n) is 19.0. The number of rotatable bonds is 8. The standard InChI is InChI=1S/2C8H8O2S.2C6H5.Pb/c2*9-8(10)6-11-7-4-2-1-3-5-7;2*1-2-4-6-5-3-1;/h2*1-5H,6H2,(H,9,10);2*1-5H;. The van der Waals surface area contributed by atoms with Crippen molar-refractivity contribution in [1.82, 2.24) is 0 Å². The molecule has 0 heterocycles. The van der Waals surface area contributed by atoms with E-state index >= 15 is 0 Å². The second-order valence-electron chi connectivity index (χ2n) is 6.85. The van der Waals surface area contributed by atoms with Crippen molar-refractivity contribution in [3.8, 4) is 0 Å². The van der Waals surface area contributed by atoms with E-state index in [1.807, 2.05) is 60.7 Å². The summed E-state index contributed by atoms with van der Waals surface area (Å²) in [6.07, 6.45) is 0. The Bertz CT molecular complexity index is 1020. The monoisotopic (exact) mass is 698 g/mol. The summed E-state index contributed by atoms with van der Waals surface area (Å²) in [6, 6.07) is 40.6. The molecule has 0 amide bonds. The summed E-state index contributed by atoms with van der Waals surface area (Å²) in [6.45, 7) is 0. The van der Waals surface area contributed by atoms with Crippen molar-refractivity contribution in [2.45, 2.75) is 9.79 Å². The van der Waals surface area contributed by atoms with Gasteiger partial charge in [0.1, 0.15) is 0 Å². The molecule has 4 aromatic carbocycles. The van der Waals surface area contributed by atoms with Crippen LogP contribution in [0.2, 0.25) is 0 Å². The van der Waals surface area contributed by atoms with Crippen LogP contribution in [0, 0.1) is 0 Å². The summed E-state index contributed by atoms with van der Waals surface area (Å²) in [5.74, 6) is -1.30. The first kappa shape index (κ1) is 28.7. The molecular formula is C28H26O4PbS2. The molecule has 7 heteroatoms. The first-order valence-electron chi connectivity index (χ1n) is 10.7. The molecule has 4 rings (SSSR count). The van der Waals surface area contributed by atoms with Gasteiger partial charge in [-0.1, -0.05) is 36.4 Å². The summed E-state index contributed by atoms with van der Waals surface area (Å²) in [5, 5.41) is 16.7. The molecule has 0 spiro atoms. The van der Waals surface area contributed by atoms with Crippen LogP contribution < -0.4 is 6.25 Å². The summed E-state index contributed by atoms with van der Waals surface area (Å²) in [5.41, 5.74) is 0. The number of carbonyl (C=O) groups is 2. The van der Waals surface area contributed by atoms with Crippen LogP contribution in [0.1, 0.15) is 0 Å². The maximum atomic E-state index is 10.2. The first-order valence-corrected chi connectivity index (χ1v) is 16.5. The van der Waals surface area contributed by atoms with E-state index in [4.69, 9.17) is 10.2 Å². The molecule has 0 aliphatic rings. The van der Waals surface area contributed by atoms with E-state index in [1.165, 1.54) is 23.5 Å². The predicted molar refractivity (Wildman–Crippen MR) is 148 cm³/mol. The Kier molecular flexibility index (Phi) is 14.6. The molecule has 0 saturated heterocycles. The Morgan fingerprint density at radius 1 is 0.514 bits per heavy atom. The number of hydrogen-bond donors (Lipinski definition) is 2. The summed E-state index contributed by atoms with van der Waals surface area (Å²) >= 11 is 1.92. The number of carboxylic acids is 2. The molecule has 0 aliphatic carbocycles. The third-order valence-electron chi connectivity index (χ3n) is 4.05. The predicted octanol–water partition coefficient (Wildman–Crippen LogP) is 5.07. The number of benzene rings is 4. The van der Waals surface area contributed by atoms with Crippen LogP contribution in [0.3, 0.4) is 0 Å². The molecule has 0 aliphatic heterocycles. The molecule has 35 heavy (non-hydrogen) atoms. The van der Waals surface area contributed by atoms with Gasteiger partial charge in [0.05, 0.1) is 11.5 Å². The SMILES string of the molecule is O=C(O)CSc1ccccc1.O=C(O)CSc1ccccc1.c1cc[c]([Pb][c]2ccccc2)cc1. The van der Waals surface area contributed by atoms with Gasteiger partial charge in [-0.25, -0.2) is 0 Å². The van der Waals surface area contributed by atoms with Gasteiger partial charge in [0.2, 0.25) is 0 Å². The molecule has 0 unspecified atom stereocenters. The van der Waals surface area contributed by atoms with Crippen molar-refractivity contribution < 1.29 is 19.8 Å². The molecule has 178 valence electrons. The molecule has 0 atom stereocenters. The van der Waals surface area contributed by atoms with Crippen molar-refractivity contribution in [2.24, 2.45) is 0 Å². The van der Waals surface area contributed by atoms with Crippen LogP contribution in [0.15, 0.2) is 131 Å². The quantitative estimate of drug-likeness (QED) is 0.198. The van der Waals surface area contributed by atoms with E-state index in [0.29, 0.717) is 0 Å². The zero-order chi connectivity index (χ0) is 25.1. The van der Waals surface area contributed by atoms with E-state index in [0.717, 1.165) is 9.79 Å². The van der Waals surface area contributed by atoms with Gasteiger partial charge in [0.25, 0.3) is 0 Å². The minimum atomic E-state index is -0.779. The normalized spacial score (nSPS) is 9.60. The fraction of sp³-hybridized carbons (Fsp3) is 0.0714. The van der Waals surface area contributed by atoms with Crippen molar-refractivity contribution in [2.75, 3.05) is 11.5 Å². The van der Waals surface area contributed by atoms with Crippen LogP contribution >= 0.6 is 23.5 Å². The van der Waals surface area contributed by atoms with Gasteiger partial charge in [0.15, 0.2) is 0 Å². The summed E-state index contributed by atoms with van der Waals surface area (Å²) in [4.78, 5) is 22.3. The third kappa shape index (κ3) is 14.4. The van der Waals surface area contributed by atoms with Gasteiger partial charge >= 0.3 is 103 Å². The van der Waals surface area contributed by atoms with Crippen molar-refractivity contribution in [1.29, 1.82) is 0 Å². The van der Waals surface area contributed by atoms with E-state index in [9.17, 15) is 9.59 Å². The second-order valence-corrected chi connectivity index (χ2v) is 14.4. The Labute approximate surface area is 227 Å². The minimum absolute atomic E-state index is 0.129. The van der Waals surface area contributed by atoms with E-state index in [1.54, 1.807) is 6.25 Å². The van der Waals surface area contributed by atoms with Gasteiger partial charge in [0, 0.05) is 9.79 Å². The number of hydrogen-bond acceptors (Lipinski definition) is 4. The maximum absolute atomic E-state index is 10.2. The Morgan fingerprint density at radius 2 is 0.800 bits per heavy atom. The fourth-order valence-electron chi connectivity index (χ4n) is 2.53. The molecule has 0 bridgehead atoms. The van der Waals surface area contributed by atoms with Crippen molar-refractivity contribution in [3.05, 3.63) is 121 Å². The van der Waals surface area contributed by atoms with Crippen LogP contribution in [0.5, 0.6) is 0 Å². The Balaban J connectivity index is 0.000000186. The average Bonchev–Trinajstić information content (AvgIpc) is 2.89. The molecule has 4 nitrogen and oxygen atoms in total. The van der Waals surface area contributed by atoms with Gasteiger partial charge in [-0.2, -0.15) is 0 Å². The topological polar surface area (TPSA) is 74.6 Å². The zero-order valence-corrected chi connectivity index (χ0v) is 24.5. The number of thioether (sulfide) groups is 2. The molecule has 4 aromatic rings. The molecule has 2 radical (unpaired) electrons. The first-order chi connectivity index (χ1) is 17.0. The van der Waals surface area contributed by atoms with Gasteiger partial charge in [-0.15, -0.1) is 23.5 Å².